The third-order valence-corrected chi connectivity index (χ3v) is 3.46. The van der Waals surface area contributed by atoms with E-state index in [0.717, 1.165) is 19.3 Å². The Morgan fingerprint density at radius 1 is 1.45 bits per heavy atom. The van der Waals surface area contributed by atoms with E-state index in [4.69, 9.17) is 10.5 Å². The number of carbonyl (C=O) groups is 1. The minimum absolute atomic E-state index is 0. The molecule has 20 heavy (non-hydrogen) atoms. The van der Waals surface area contributed by atoms with Crippen molar-refractivity contribution in [3.8, 4) is 0 Å². The van der Waals surface area contributed by atoms with Gasteiger partial charge in [0.05, 0.1) is 6.10 Å². The average molecular weight is 299 g/mol. The van der Waals surface area contributed by atoms with Gasteiger partial charge < -0.3 is 15.8 Å². The highest BCUT2D eigenvalue weighted by Crippen LogP contribution is 2.18. The van der Waals surface area contributed by atoms with Gasteiger partial charge in [0.1, 0.15) is 6.10 Å². The van der Waals surface area contributed by atoms with Gasteiger partial charge in [0.15, 0.2) is 0 Å². The summed E-state index contributed by atoms with van der Waals surface area (Å²) in [4.78, 5) is 11.9. The Balaban J connectivity index is 0.00000200. The molecule has 0 radical (unpaired) electrons. The van der Waals surface area contributed by atoms with E-state index >= 15 is 0 Å². The zero-order chi connectivity index (χ0) is 13.7. The first-order valence-corrected chi connectivity index (χ1v) is 6.88. The van der Waals surface area contributed by atoms with Gasteiger partial charge >= 0.3 is 0 Å². The summed E-state index contributed by atoms with van der Waals surface area (Å²) in [5.74, 6) is -0.0106. The molecule has 5 heteroatoms. The first kappa shape index (κ1) is 17.0. The molecule has 4 nitrogen and oxygen atoms in total. The van der Waals surface area contributed by atoms with E-state index in [1.54, 1.807) is 0 Å². The smallest absolute Gasteiger partial charge is 0.249 e. The lowest BCUT2D eigenvalue weighted by molar-refractivity contribution is -0.131. The number of hydrogen-bond acceptors (Lipinski definition) is 3. The fraction of sp³-hybridized carbons (Fsp3) is 0.533. The normalized spacial score (nSPS) is 21.3. The quantitative estimate of drug-likeness (QED) is 0.867. The molecule has 1 fully saturated rings. The Kier molecular flexibility index (Phi) is 6.99. The summed E-state index contributed by atoms with van der Waals surface area (Å²) >= 11 is 0. The fourth-order valence-electron chi connectivity index (χ4n) is 2.38. The molecule has 0 aromatic heterocycles. The molecule has 3 N–H and O–H groups in total. The van der Waals surface area contributed by atoms with Crippen molar-refractivity contribution in [2.24, 2.45) is 5.73 Å². The van der Waals surface area contributed by atoms with Crippen LogP contribution in [0.15, 0.2) is 24.3 Å². The molecule has 0 bridgehead atoms. The molecule has 0 aliphatic carbocycles. The zero-order valence-electron chi connectivity index (χ0n) is 11.8. The topological polar surface area (TPSA) is 64.4 Å². The highest BCUT2D eigenvalue weighted by atomic mass is 35.5. The van der Waals surface area contributed by atoms with Crippen molar-refractivity contribution in [1.82, 2.24) is 5.32 Å². The molecule has 1 aliphatic rings. The van der Waals surface area contributed by atoms with E-state index < -0.39 is 0 Å². The van der Waals surface area contributed by atoms with Crippen LogP contribution in [0.5, 0.6) is 0 Å². The van der Waals surface area contributed by atoms with Crippen molar-refractivity contribution in [2.45, 2.75) is 38.4 Å². The number of carbonyl (C=O) groups excluding carboxylic acids is 1. The van der Waals surface area contributed by atoms with Crippen LogP contribution in [-0.4, -0.2) is 31.2 Å². The molecule has 1 aliphatic heterocycles. The molecule has 1 aromatic rings. The standard InChI is InChI=1S/C15H22N2O2.ClH/c1-11-3-2-4-12(9-11)7-8-17-15(18)14-6-5-13(10-16)19-14;/h2-4,9,13-14H,5-8,10,16H2,1H3,(H,17,18);1H/t13-,14+;/m1./s1. The van der Waals surface area contributed by atoms with Gasteiger partial charge in [-0.1, -0.05) is 29.8 Å². The number of aryl methyl sites for hydroxylation is 1. The lowest BCUT2D eigenvalue weighted by Gasteiger charge is -2.12. The van der Waals surface area contributed by atoms with Crippen LogP contribution in [0.25, 0.3) is 0 Å². The minimum Gasteiger partial charge on any atom is -0.364 e. The van der Waals surface area contributed by atoms with Gasteiger partial charge in [-0.05, 0) is 31.7 Å². The Hall–Kier alpha value is -1.10. The lowest BCUT2D eigenvalue weighted by atomic mass is 10.1. The first-order valence-electron chi connectivity index (χ1n) is 6.88. The summed E-state index contributed by atoms with van der Waals surface area (Å²) in [6, 6.07) is 8.33. The number of nitrogens with one attached hydrogen (secondary N) is 1. The Morgan fingerprint density at radius 2 is 2.25 bits per heavy atom. The van der Waals surface area contributed by atoms with Crippen LogP contribution < -0.4 is 11.1 Å². The SMILES string of the molecule is Cc1cccc(CCNC(=O)[C@@H]2CC[C@H](CN)O2)c1.Cl. The van der Waals surface area contributed by atoms with Gasteiger partial charge in [0.25, 0.3) is 0 Å². The first-order chi connectivity index (χ1) is 9.19. The summed E-state index contributed by atoms with van der Waals surface area (Å²) < 4.78 is 5.56. The van der Waals surface area contributed by atoms with Gasteiger partial charge in [0.2, 0.25) is 5.91 Å². The maximum absolute atomic E-state index is 11.9. The van der Waals surface area contributed by atoms with Crippen LogP contribution in [0, 0.1) is 6.92 Å². The second kappa shape index (κ2) is 8.25. The molecule has 1 saturated heterocycles. The number of amides is 1. The maximum atomic E-state index is 11.9. The minimum atomic E-state index is -0.314. The largest absolute Gasteiger partial charge is 0.364 e. The fourth-order valence-corrected chi connectivity index (χ4v) is 2.38. The third kappa shape index (κ3) is 4.78. The highest BCUT2D eigenvalue weighted by molar-refractivity contribution is 5.85. The second-order valence-corrected chi connectivity index (χ2v) is 5.09. The maximum Gasteiger partial charge on any atom is 0.249 e. The molecule has 1 aromatic carbocycles. The van der Waals surface area contributed by atoms with Crippen molar-refractivity contribution >= 4 is 18.3 Å². The molecular formula is C15H23ClN2O2. The van der Waals surface area contributed by atoms with Crippen molar-refractivity contribution in [2.75, 3.05) is 13.1 Å². The molecule has 0 saturated carbocycles. The Bertz CT molecular complexity index is 440. The second-order valence-electron chi connectivity index (χ2n) is 5.09. The van der Waals surface area contributed by atoms with Gasteiger partial charge in [-0.25, -0.2) is 0 Å². The molecule has 0 spiro atoms. The highest BCUT2D eigenvalue weighted by Gasteiger charge is 2.29. The summed E-state index contributed by atoms with van der Waals surface area (Å²) in [7, 11) is 0. The summed E-state index contributed by atoms with van der Waals surface area (Å²) in [6.45, 7) is 3.21. The predicted molar refractivity (Wildman–Crippen MR) is 82.1 cm³/mol. The monoisotopic (exact) mass is 298 g/mol. The summed E-state index contributed by atoms with van der Waals surface area (Å²) in [6.07, 6.45) is 2.24. The van der Waals surface area contributed by atoms with Crippen molar-refractivity contribution in [3.05, 3.63) is 35.4 Å². The van der Waals surface area contributed by atoms with Gasteiger partial charge in [-0.15, -0.1) is 12.4 Å². The van der Waals surface area contributed by atoms with E-state index in [1.165, 1.54) is 11.1 Å². The zero-order valence-corrected chi connectivity index (χ0v) is 12.6. The van der Waals surface area contributed by atoms with E-state index in [2.05, 4.69) is 30.4 Å². The van der Waals surface area contributed by atoms with Crippen LogP contribution >= 0.6 is 12.4 Å². The van der Waals surface area contributed by atoms with Gasteiger partial charge in [-0.2, -0.15) is 0 Å². The number of hydrogen-bond donors (Lipinski definition) is 2. The molecule has 112 valence electrons. The van der Waals surface area contributed by atoms with Crippen molar-refractivity contribution in [1.29, 1.82) is 0 Å². The van der Waals surface area contributed by atoms with E-state index in [9.17, 15) is 4.79 Å². The Morgan fingerprint density at radius 3 is 2.90 bits per heavy atom. The van der Waals surface area contributed by atoms with Crippen LogP contribution in [0.3, 0.4) is 0 Å². The number of nitrogens with two attached hydrogens (primary N) is 1. The number of ether oxygens (including phenoxy) is 1. The number of benzene rings is 1. The molecule has 1 heterocycles. The summed E-state index contributed by atoms with van der Waals surface area (Å²) in [5.41, 5.74) is 8.02. The van der Waals surface area contributed by atoms with Gasteiger partial charge in [-0.3, -0.25) is 4.79 Å². The third-order valence-electron chi connectivity index (χ3n) is 3.46. The van der Waals surface area contributed by atoms with E-state index in [-0.39, 0.29) is 30.5 Å². The van der Waals surface area contributed by atoms with E-state index in [1.807, 2.05) is 6.07 Å². The molecule has 2 atom stereocenters. The van der Waals surface area contributed by atoms with Crippen molar-refractivity contribution < 1.29 is 9.53 Å². The molecular weight excluding hydrogens is 276 g/mol. The summed E-state index contributed by atoms with van der Waals surface area (Å²) in [5, 5.41) is 2.93. The van der Waals surface area contributed by atoms with E-state index in [0.29, 0.717) is 13.1 Å². The number of halogens is 1. The molecule has 0 unspecified atom stereocenters. The van der Waals surface area contributed by atoms with Crippen LogP contribution in [0.4, 0.5) is 0 Å². The van der Waals surface area contributed by atoms with Crippen molar-refractivity contribution in [3.63, 3.8) is 0 Å². The predicted octanol–water partition coefficient (Wildman–Crippen LogP) is 1.58. The lowest BCUT2D eigenvalue weighted by Crippen LogP contribution is -2.36. The molecule has 2 rings (SSSR count). The molecule has 1 amide bonds. The average Bonchev–Trinajstić information content (AvgIpc) is 2.87. The van der Waals surface area contributed by atoms with Gasteiger partial charge in [0, 0.05) is 13.1 Å². The van der Waals surface area contributed by atoms with Crippen LogP contribution in [0.1, 0.15) is 24.0 Å². The Labute approximate surface area is 126 Å². The van der Waals surface area contributed by atoms with Crippen LogP contribution in [0.2, 0.25) is 0 Å². The van der Waals surface area contributed by atoms with Crippen LogP contribution in [-0.2, 0) is 16.0 Å². The number of rotatable bonds is 5.